The Hall–Kier alpha value is -2.80. The topological polar surface area (TPSA) is 56.8 Å². The highest BCUT2D eigenvalue weighted by atomic mass is 19.1. The van der Waals surface area contributed by atoms with Crippen molar-refractivity contribution in [1.29, 1.82) is 0 Å². The van der Waals surface area contributed by atoms with Crippen LogP contribution in [0.25, 0.3) is 0 Å². The van der Waals surface area contributed by atoms with Crippen molar-refractivity contribution in [2.75, 3.05) is 40.8 Å². The molecule has 0 radical (unpaired) electrons. The molecule has 2 aromatic rings. The molecule has 0 saturated carbocycles. The van der Waals surface area contributed by atoms with Crippen LogP contribution in [0.5, 0.6) is 0 Å². The van der Waals surface area contributed by atoms with Gasteiger partial charge in [0.05, 0.1) is 12.1 Å². The third-order valence-corrected chi connectivity index (χ3v) is 5.98. The first-order valence-electron chi connectivity index (χ1n) is 10.7. The lowest BCUT2D eigenvalue weighted by Crippen LogP contribution is -2.50. The number of carbonyl (C=O) groups excluding carboxylic acids is 2. The molecule has 7 heteroatoms. The van der Waals surface area contributed by atoms with Gasteiger partial charge in [-0.2, -0.15) is 0 Å². The van der Waals surface area contributed by atoms with Crippen LogP contribution in [0.3, 0.4) is 0 Å². The Morgan fingerprint density at radius 1 is 1.13 bits per heavy atom. The molecule has 1 saturated heterocycles. The number of likely N-dealkylation sites (tertiary alicyclic amines) is 1. The Balaban J connectivity index is 1.71. The average molecular weight is 427 g/mol. The molecule has 1 fully saturated rings. The Kier molecular flexibility index (Phi) is 7.74. The van der Waals surface area contributed by atoms with E-state index in [2.05, 4.69) is 4.98 Å². The SMILES string of the molecule is CN(C)CC(=O)N(C)C(Cc1ccc(F)cc1)C1CCN(C(=O)c2cccnc2)CC1. The highest BCUT2D eigenvalue weighted by molar-refractivity contribution is 5.93. The average Bonchev–Trinajstić information content (AvgIpc) is 2.78. The van der Waals surface area contributed by atoms with Crippen molar-refractivity contribution < 1.29 is 14.0 Å². The zero-order valence-electron chi connectivity index (χ0n) is 18.5. The number of carbonyl (C=O) groups is 2. The molecule has 1 unspecified atom stereocenters. The van der Waals surface area contributed by atoms with Gasteiger partial charge in [-0.05, 0) is 69.1 Å². The van der Waals surface area contributed by atoms with Crippen LogP contribution in [0.2, 0.25) is 0 Å². The van der Waals surface area contributed by atoms with E-state index in [1.165, 1.54) is 12.1 Å². The summed E-state index contributed by atoms with van der Waals surface area (Å²) in [6.07, 6.45) is 5.55. The van der Waals surface area contributed by atoms with E-state index in [9.17, 15) is 14.0 Å². The molecule has 31 heavy (non-hydrogen) atoms. The van der Waals surface area contributed by atoms with E-state index in [1.807, 2.05) is 35.8 Å². The fraction of sp³-hybridized carbons (Fsp3) is 0.458. The number of aromatic nitrogens is 1. The molecule has 0 aliphatic carbocycles. The minimum atomic E-state index is -0.264. The van der Waals surface area contributed by atoms with Crippen molar-refractivity contribution in [3.8, 4) is 0 Å². The van der Waals surface area contributed by atoms with Gasteiger partial charge in [-0.15, -0.1) is 0 Å². The van der Waals surface area contributed by atoms with Crippen LogP contribution in [-0.4, -0.2) is 78.3 Å². The number of benzene rings is 1. The molecule has 2 amide bonds. The van der Waals surface area contributed by atoms with Crippen molar-refractivity contribution in [3.63, 3.8) is 0 Å². The highest BCUT2D eigenvalue weighted by Gasteiger charge is 2.33. The fourth-order valence-electron chi connectivity index (χ4n) is 4.21. The number of nitrogens with zero attached hydrogens (tertiary/aromatic N) is 4. The van der Waals surface area contributed by atoms with Gasteiger partial charge in [0.2, 0.25) is 5.91 Å². The molecular weight excluding hydrogens is 395 g/mol. The molecule has 0 spiro atoms. The number of amides is 2. The van der Waals surface area contributed by atoms with E-state index >= 15 is 0 Å². The number of halogens is 1. The molecule has 0 bridgehead atoms. The molecule has 166 valence electrons. The second kappa shape index (κ2) is 10.5. The molecule has 1 aliphatic rings. The Labute approximate surface area is 183 Å². The molecule has 1 atom stereocenters. The maximum absolute atomic E-state index is 13.4. The summed E-state index contributed by atoms with van der Waals surface area (Å²) < 4.78 is 13.4. The summed E-state index contributed by atoms with van der Waals surface area (Å²) in [5, 5.41) is 0. The Morgan fingerprint density at radius 2 is 1.81 bits per heavy atom. The summed E-state index contributed by atoms with van der Waals surface area (Å²) in [4.78, 5) is 35.1. The van der Waals surface area contributed by atoms with Gasteiger partial charge in [-0.25, -0.2) is 4.39 Å². The lowest BCUT2D eigenvalue weighted by Gasteiger charge is -2.40. The van der Waals surface area contributed by atoms with Crippen LogP contribution >= 0.6 is 0 Å². The number of piperidine rings is 1. The Bertz CT molecular complexity index is 865. The van der Waals surface area contributed by atoms with E-state index in [0.717, 1.165) is 18.4 Å². The van der Waals surface area contributed by atoms with Crippen molar-refractivity contribution in [3.05, 3.63) is 65.7 Å². The third kappa shape index (κ3) is 6.10. The van der Waals surface area contributed by atoms with Crippen LogP contribution in [0.1, 0.15) is 28.8 Å². The molecule has 1 aromatic heterocycles. The third-order valence-electron chi connectivity index (χ3n) is 5.98. The zero-order chi connectivity index (χ0) is 22.4. The van der Waals surface area contributed by atoms with Gasteiger partial charge in [-0.3, -0.25) is 14.6 Å². The number of rotatable bonds is 7. The monoisotopic (exact) mass is 426 g/mol. The van der Waals surface area contributed by atoms with Crippen LogP contribution in [0, 0.1) is 11.7 Å². The normalized spacial score (nSPS) is 15.7. The van der Waals surface area contributed by atoms with Crippen LogP contribution in [0.15, 0.2) is 48.8 Å². The lowest BCUT2D eigenvalue weighted by atomic mass is 9.84. The number of pyridine rings is 1. The first kappa shape index (κ1) is 22.9. The van der Waals surface area contributed by atoms with Crippen LogP contribution in [-0.2, 0) is 11.2 Å². The smallest absolute Gasteiger partial charge is 0.255 e. The van der Waals surface area contributed by atoms with Gasteiger partial charge in [0, 0.05) is 38.6 Å². The number of likely N-dealkylation sites (N-methyl/N-ethyl adjacent to an activating group) is 2. The molecule has 6 nitrogen and oxygen atoms in total. The predicted molar refractivity (Wildman–Crippen MR) is 118 cm³/mol. The minimum Gasteiger partial charge on any atom is -0.341 e. The lowest BCUT2D eigenvalue weighted by molar-refractivity contribution is -0.134. The first-order chi connectivity index (χ1) is 14.8. The summed E-state index contributed by atoms with van der Waals surface area (Å²) >= 11 is 0. The molecule has 1 aromatic carbocycles. The molecule has 2 heterocycles. The second-order valence-corrected chi connectivity index (χ2v) is 8.51. The van der Waals surface area contributed by atoms with Gasteiger partial charge >= 0.3 is 0 Å². The number of hydrogen-bond donors (Lipinski definition) is 0. The number of hydrogen-bond acceptors (Lipinski definition) is 4. The van der Waals surface area contributed by atoms with Gasteiger partial charge in [0.25, 0.3) is 5.91 Å². The largest absolute Gasteiger partial charge is 0.341 e. The molecule has 0 N–H and O–H groups in total. The van der Waals surface area contributed by atoms with E-state index in [4.69, 9.17) is 0 Å². The van der Waals surface area contributed by atoms with Crippen molar-refractivity contribution in [2.24, 2.45) is 5.92 Å². The summed E-state index contributed by atoms with van der Waals surface area (Å²) in [7, 11) is 5.61. The zero-order valence-corrected chi connectivity index (χ0v) is 18.5. The van der Waals surface area contributed by atoms with E-state index in [1.54, 1.807) is 36.7 Å². The van der Waals surface area contributed by atoms with E-state index in [-0.39, 0.29) is 29.6 Å². The van der Waals surface area contributed by atoms with Gasteiger partial charge in [0.15, 0.2) is 0 Å². The molecule has 1 aliphatic heterocycles. The van der Waals surface area contributed by atoms with Crippen LogP contribution < -0.4 is 0 Å². The quantitative estimate of drug-likeness (QED) is 0.683. The van der Waals surface area contributed by atoms with Crippen molar-refractivity contribution >= 4 is 11.8 Å². The maximum atomic E-state index is 13.4. The molecule has 3 rings (SSSR count). The Morgan fingerprint density at radius 3 is 2.39 bits per heavy atom. The maximum Gasteiger partial charge on any atom is 0.255 e. The standard InChI is InChI=1S/C24H31FN4O2/c1-27(2)17-23(30)28(3)22(15-18-6-8-21(25)9-7-18)19-10-13-29(14-11-19)24(31)20-5-4-12-26-16-20/h4-9,12,16,19,22H,10-11,13-15,17H2,1-3H3. The van der Waals surface area contributed by atoms with Gasteiger partial charge < -0.3 is 14.7 Å². The van der Waals surface area contributed by atoms with Gasteiger partial charge in [-0.1, -0.05) is 12.1 Å². The highest BCUT2D eigenvalue weighted by Crippen LogP contribution is 2.27. The van der Waals surface area contributed by atoms with Crippen molar-refractivity contribution in [1.82, 2.24) is 19.7 Å². The summed E-state index contributed by atoms with van der Waals surface area (Å²) in [5.41, 5.74) is 1.60. The summed E-state index contributed by atoms with van der Waals surface area (Å²) in [5.74, 6) is 0.0586. The summed E-state index contributed by atoms with van der Waals surface area (Å²) in [6.45, 7) is 1.64. The fourth-order valence-corrected chi connectivity index (χ4v) is 4.21. The molecular formula is C24H31FN4O2. The van der Waals surface area contributed by atoms with Crippen molar-refractivity contribution in [2.45, 2.75) is 25.3 Å². The predicted octanol–water partition coefficient (Wildman–Crippen LogP) is 2.70. The van der Waals surface area contributed by atoms with E-state index in [0.29, 0.717) is 31.6 Å². The van der Waals surface area contributed by atoms with E-state index < -0.39 is 0 Å². The van der Waals surface area contributed by atoms with Crippen LogP contribution in [0.4, 0.5) is 4.39 Å². The first-order valence-corrected chi connectivity index (χ1v) is 10.7. The second-order valence-electron chi connectivity index (χ2n) is 8.51. The van der Waals surface area contributed by atoms with Gasteiger partial charge in [0.1, 0.15) is 5.82 Å². The summed E-state index contributed by atoms with van der Waals surface area (Å²) in [6, 6.07) is 10.0. The minimum absolute atomic E-state index is 0.00123.